The van der Waals surface area contributed by atoms with Crippen molar-refractivity contribution in [1.29, 1.82) is 0 Å². The molecule has 3 unspecified atom stereocenters. The van der Waals surface area contributed by atoms with Crippen molar-refractivity contribution in [3.05, 3.63) is 34.3 Å². The third-order valence-electron chi connectivity index (χ3n) is 4.41. The molecule has 1 aromatic carbocycles. The van der Waals surface area contributed by atoms with Gasteiger partial charge in [-0.3, -0.25) is 4.79 Å². The minimum Gasteiger partial charge on any atom is -0.294 e. The highest BCUT2D eigenvalue weighted by molar-refractivity contribution is 6.31. The fraction of sp³-hybridized carbons (Fsp3) is 0.562. The van der Waals surface area contributed by atoms with E-state index in [-0.39, 0.29) is 5.92 Å². The second kappa shape index (κ2) is 5.44. The van der Waals surface area contributed by atoms with Crippen molar-refractivity contribution in [1.82, 2.24) is 0 Å². The van der Waals surface area contributed by atoms with Crippen LogP contribution < -0.4 is 0 Å². The number of aryl methyl sites for hydroxylation is 1. The van der Waals surface area contributed by atoms with E-state index in [1.807, 2.05) is 25.1 Å². The van der Waals surface area contributed by atoms with E-state index in [1.54, 1.807) is 0 Å². The first-order valence-corrected chi connectivity index (χ1v) is 7.17. The molecule has 0 saturated heterocycles. The Morgan fingerprint density at radius 2 is 1.94 bits per heavy atom. The molecular formula is C16H21ClO. The smallest absolute Gasteiger partial charge is 0.165 e. The molecule has 0 spiro atoms. The van der Waals surface area contributed by atoms with Gasteiger partial charge in [-0.1, -0.05) is 25.4 Å². The van der Waals surface area contributed by atoms with Crippen molar-refractivity contribution in [2.75, 3.05) is 0 Å². The summed E-state index contributed by atoms with van der Waals surface area (Å²) in [7, 11) is 0. The van der Waals surface area contributed by atoms with E-state index in [4.69, 9.17) is 11.6 Å². The van der Waals surface area contributed by atoms with Gasteiger partial charge < -0.3 is 0 Å². The van der Waals surface area contributed by atoms with E-state index in [0.29, 0.717) is 11.7 Å². The van der Waals surface area contributed by atoms with E-state index in [0.717, 1.165) is 34.9 Å². The highest BCUT2D eigenvalue weighted by Crippen LogP contribution is 2.35. The lowest BCUT2D eigenvalue weighted by Gasteiger charge is -2.31. The second-order valence-corrected chi connectivity index (χ2v) is 6.20. The molecule has 1 aliphatic carbocycles. The van der Waals surface area contributed by atoms with Crippen molar-refractivity contribution >= 4 is 17.4 Å². The van der Waals surface area contributed by atoms with Gasteiger partial charge in [0, 0.05) is 16.5 Å². The van der Waals surface area contributed by atoms with Gasteiger partial charge >= 0.3 is 0 Å². The van der Waals surface area contributed by atoms with Gasteiger partial charge in [0.1, 0.15) is 0 Å². The summed E-state index contributed by atoms with van der Waals surface area (Å²) in [5.41, 5.74) is 1.81. The van der Waals surface area contributed by atoms with E-state index in [9.17, 15) is 4.79 Å². The average Bonchev–Trinajstić information content (AvgIpc) is 2.35. The minimum atomic E-state index is 0.205. The quantitative estimate of drug-likeness (QED) is 0.694. The normalized spacial score (nSPS) is 28.1. The van der Waals surface area contributed by atoms with Gasteiger partial charge in [-0.2, -0.15) is 0 Å². The minimum absolute atomic E-state index is 0.205. The molecule has 2 heteroatoms. The summed E-state index contributed by atoms with van der Waals surface area (Å²) in [6.45, 7) is 6.50. The summed E-state index contributed by atoms with van der Waals surface area (Å²) in [5.74, 6) is 1.91. The van der Waals surface area contributed by atoms with Crippen LogP contribution in [0.15, 0.2) is 18.2 Å². The fourth-order valence-electron chi connectivity index (χ4n) is 2.82. The van der Waals surface area contributed by atoms with Crippen LogP contribution in [0, 0.1) is 24.7 Å². The number of rotatable bonds is 2. The largest absolute Gasteiger partial charge is 0.294 e. The molecule has 1 aliphatic rings. The Morgan fingerprint density at radius 1 is 1.22 bits per heavy atom. The van der Waals surface area contributed by atoms with E-state index in [1.165, 1.54) is 6.42 Å². The molecule has 2 rings (SSSR count). The number of halogens is 1. The molecule has 0 radical (unpaired) electrons. The van der Waals surface area contributed by atoms with Gasteiger partial charge in [-0.15, -0.1) is 0 Å². The van der Waals surface area contributed by atoms with Gasteiger partial charge in [0.25, 0.3) is 0 Å². The standard InChI is InChI=1S/C16H21ClO/c1-10-4-5-13(8-11(10)2)16(18)14-6-7-15(17)12(3)9-14/h6-7,9-11,13H,4-5,8H2,1-3H3. The van der Waals surface area contributed by atoms with Crippen molar-refractivity contribution in [3.63, 3.8) is 0 Å². The lowest BCUT2D eigenvalue weighted by molar-refractivity contribution is 0.0837. The Bertz CT molecular complexity index is 452. The van der Waals surface area contributed by atoms with Crippen molar-refractivity contribution in [2.45, 2.75) is 40.0 Å². The van der Waals surface area contributed by atoms with Gasteiger partial charge in [0.2, 0.25) is 0 Å². The molecule has 98 valence electrons. The van der Waals surface area contributed by atoms with E-state index < -0.39 is 0 Å². The first kappa shape index (κ1) is 13.6. The zero-order valence-electron chi connectivity index (χ0n) is 11.4. The maximum Gasteiger partial charge on any atom is 0.165 e. The molecule has 1 saturated carbocycles. The zero-order valence-corrected chi connectivity index (χ0v) is 12.1. The monoisotopic (exact) mass is 264 g/mol. The summed E-state index contributed by atoms with van der Waals surface area (Å²) < 4.78 is 0. The van der Waals surface area contributed by atoms with Gasteiger partial charge in [-0.25, -0.2) is 0 Å². The maximum atomic E-state index is 12.5. The molecule has 3 atom stereocenters. The zero-order chi connectivity index (χ0) is 13.3. The molecule has 18 heavy (non-hydrogen) atoms. The summed E-state index contributed by atoms with van der Waals surface area (Å²) in [6, 6.07) is 5.62. The predicted molar refractivity (Wildman–Crippen MR) is 76.2 cm³/mol. The molecule has 0 amide bonds. The van der Waals surface area contributed by atoms with Crippen LogP contribution in [0.2, 0.25) is 5.02 Å². The van der Waals surface area contributed by atoms with Crippen LogP contribution in [0.25, 0.3) is 0 Å². The lowest BCUT2D eigenvalue weighted by Crippen LogP contribution is -2.26. The van der Waals surface area contributed by atoms with E-state index in [2.05, 4.69) is 13.8 Å². The number of Topliss-reactive ketones (excluding diaryl/α,β-unsaturated/α-hetero) is 1. The van der Waals surface area contributed by atoms with Crippen LogP contribution in [0.3, 0.4) is 0 Å². The van der Waals surface area contributed by atoms with Gasteiger partial charge in [0.15, 0.2) is 5.78 Å². The highest BCUT2D eigenvalue weighted by atomic mass is 35.5. The first-order valence-electron chi connectivity index (χ1n) is 6.79. The second-order valence-electron chi connectivity index (χ2n) is 5.79. The van der Waals surface area contributed by atoms with Crippen LogP contribution in [-0.4, -0.2) is 5.78 Å². The van der Waals surface area contributed by atoms with Crippen molar-refractivity contribution in [2.24, 2.45) is 17.8 Å². The lowest BCUT2D eigenvalue weighted by atomic mass is 9.73. The fourth-order valence-corrected chi connectivity index (χ4v) is 2.94. The first-order chi connectivity index (χ1) is 8.49. The van der Waals surface area contributed by atoms with Gasteiger partial charge in [-0.05, 0) is 61.8 Å². The topological polar surface area (TPSA) is 17.1 Å². The molecule has 0 heterocycles. The molecule has 0 bridgehead atoms. The SMILES string of the molecule is Cc1cc(C(=O)C2CCC(C)C(C)C2)ccc1Cl. The Hall–Kier alpha value is -0.820. The van der Waals surface area contributed by atoms with Crippen molar-refractivity contribution < 1.29 is 4.79 Å². The van der Waals surface area contributed by atoms with Crippen molar-refractivity contribution in [3.8, 4) is 0 Å². The summed E-state index contributed by atoms with van der Waals surface area (Å²) in [6.07, 6.45) is 3.23. The Kier molecular flexibility index (Phi) is 4.11. The predicted octanol–water partition coefficient (Wildman–Crippen LogP) is 4.90. The number of hydrogen-bond acceptors (Lipinski definition) is 1. The molecule has 1 aromatic rings. The van der Waals surface area contributed by atoms with Crippen LogP contribution in [0.5, 0.6) is 0 Å². The number of carbonyl (C=O) groups excluding carboxylic acids is 1. The molecular weight excluding hydrogens is 244 g/mol. The molecule has 0 aliphatic heterocycles. The maximum absolute atomic E-state index is 12.5. The van der Waals surface area contributed by atoms with Gasteiger partial charge in [0.05, 0.1) is 0 Å². The summed E-state index contributed by atoms with van der Waals surface area (Å²) in [4.78, 5) is 12.5. The third-order valence-corrected chi connectivity index (χ3v) is 4.84. The highest BCUT2D eigenvalue weighted by Gasteiger charge is 2.29. The Labute approximate surface area is 115 Å². The molecule has 0 aromatic heterocycles. The number of carbonyl (C=O) groups is 1. The molecule has 1 fully saturated rings. The molecule has 0 N–H and O–H groups in total. The van der Waals surface area contributed by atoms with Crippen LogP contribution in [0.1, 0.15) is 49.0 Å². The summed E-state index contributed by atoms with van der Waals surface area (Å²) in [5, 5.41) is 0.734. The average molecular weight is 265 g/mol. The number of benzene rings is 1. The Balaban J connectivity index is 2.14. The third kappa shape index (κ3) is 2.77. The summed E-state index contributed by atoms with van der Waals surface area (Å²) >= 11 is 6.00. The Morgan fingerprint density at radius 3 is 2.56 bits per heavy atom. The number of hydrogen-bond donors (Lipinski definition) is 0. The molecule has 1 nitrogen and oxygen atoms in total. The van der Waals surface area contributed by atoms with Crippen LogP contribution >= 0.6 is 11.6 Å². The van der Waals surface area contributed by atoms with E-state index >= 15 is 0 Å². The van der Waals surface area contributed by atoms with Crippen LogP contribution in [-0.2, 0) is 0 Å². The number of ketones is 1. The van der Waals surface area contributed by atoms with Crippen LogP contribution in [0.4, 0.5) is 0 Å².